The Morgan fingerprint density at radius 2 is 1.72 bits per heavy atom. The summed E-state index contributed by atoms with van der Waals surface area (Å²) in [6.07, 6.45) is 1.36. The van der Waals surface area contributed by atoms with Crippen LogP contribution in [0, 0.1) is 0 Å². The molecule has 0 saturated carbocycles. The predicted molar refractivity (Wildman–Crippen MR) is 119 cm³/mol. The van der Waals surface area contributed by atoms with Crippen molar-refractivity contribution in [3.63, 3.8) is 0 Å². The number of aromatic nitrogens is 3. The lowest BCUT2D eigenvalue weighted by Gasteiger charge is -2.34. The van der Waals surface area contributed by atoms with Crippen molar-refractivity contribution in [3.8, 4) is 17.1 Å². The summed E-state index contributed by atoms with van der Waals surface area (Å²) in [7, 11) is -5.73. The number of H-pyrrole nitrogens is 1. The minimum Gasteiger partial charge on any atom is -0.497 e. The lowest BCUT2D eigenvalue weighted by atomic mass is 10.1. The van der Waals surface area contributed by atoms with Crippen LogP contribution >= 0.6 is 0 Å². The van der Waals surface area contributed by atoms with E-state index in [0.29, 0.717) is 17.1 Å². The molecule has 0 radical (unpaired) electrons. The molecule has 1 fully saturated rings. The van der Waals surface area contributed by atoms with Gasteiger partial charge in [0, 0.05) is 18.7 Å². The summed E-state index contributed by atoms with van der Waals surface area (Å²) >= 11 is 0. The zero-order valence-corrected chi connectivity index (χ0v) is 20.0. The summed E-state index contributed by atoms with van der Waals surface area (Å²) in [5, 5.41) is 9.55. The number of hydrogen-bond donors (Lipinski definition) is 2. The highest BCUT2D eigenvalue weighted by atomic mass is 32.2. The minimum atomic E-state index is -3.91. The largest absolute Gasteiger partial charge is 0.497 e. The Bertz CT molecular complexity index is 1180. The average molecular weight is 486 g/mol. The quantitative estimate of drug-likeness (QED) is 0.590. The van der Waals surface area contributed by atoms with Crippen molar-refractivity contribution in [3.05, 3.63) is 24.3 Å². The Balaban J connectivity index is 1.70. The topological polar surface area (TPSA) is 151 Å². The Morgan fingerprint density at radius 3 is 2.25 bits per heavy atom. The van der Waals surface area contributed by atoms with Crippen LogP contribution in [0.25, 0.3) is 11.4 Å². The average Bonchev–Trinajstić information content (AvgIpc) is 3.21. The third kappa shape index (κ3) is 4.79. The first-order chi connectivity index (χ1) is 14.9. The van der Waals surface area contributed by atoms with Crippen LogP contribution in [0.15, 0.2) is 24.3 Å². The molecule has 0 bridgehead atoms. The number of rotatable bonds is 7. The van der Waals surface area contributed by atoms with Crippen molar-refractivity contribution in [2.45, 2.75) is 36.7 Å². The molecule has 2 N–H and O–H groups in total. The van der Waals surface area contributed by atoms with E-state index in [0.717, 1.165) is 6.26 Å². The number of carbonyl (C=O) groups is 1. The zero-order chi connectivity index (χ0) is 23.7. The maximum Gasteiger partial charge on any atom is 0.247 e. The van der Waals surface area contributed by atoms with Crippen LogP contribution in [0.5, 0.6) is 5.75 Å². The monoisotopic (exact) mass is 485 g/mol. The summed E-state index contributed by atoms with van der Waals surface area (Å²) in [5.74, 6) is 0.351. The number of sulfone groups is 1. The van der Waals surface area contributed by atoms with Gasteiger partial charge >= 0.3 is 0 Å². The van der Waals surface area contributed by atoms with E-state index < -0.39 is 35.8 Å². The lowest BCUT2D eigenvalue weighted by molar-refractivity contribution is -0.117. The molecule has 0 atom stereocenters. The molecule has 1 aliphatic rings. The van der Waals surface area contributed by atoms with Gasteiger partial charge < -0.3 is 9.72 Å². The van der Waals surface area contributed by atoms with E-state index >= 15 is 0 Å². The third-order valence-electron chi connectivity index (χ3n) is 5.65. The van der Waals surface area contributed by atoms with Crippen LogP contribution in [0.4, 0.5) is 5.95 Å². The smallest absolute Gasteiger partial charge is 0.247 e. The third-order valence-corrected chi connectivity index (χ3v) is 9.91. The molecule has 2 aromatic rings. The summed E-state index contributed by atoms with van der Waals surface area (Å²) in [5.41, 5.74) is 0.711. The summed E-state index contributed by atoms with van der Waals surface area (Å²) < 4.78 is 54.4. The molecule has 176 valence electrons. The van der Waals surface area contributed by atoms with Gasteiger partial charge in [-0.3, -0.25) is 10.1 Å². The fraction of sp³-hybridized carbons (Fsp3) is 0.526. The van der Waals surface area contributed by atoms with Crippen molar-refractivity contribution < 1.29 is 26.4 Å². The van der Waals surface area contributed by atoms with Crippen LogP contribution in [0.2, 0.25) is 0 Å². The van der Waals surface area contributed by atoms with Crippen molar-refractivity contribution in [1.29, 1.82) is 0 Å². The second-order valence-corrected chi connectivity index (χ2v) is 12.9. The molecular weight excluding hydrogens is 458 g/mol. The van der Waals surface area contributed by atoms with E-state index in [1.54, 1.807) is 31.4 Å². The van der Waals surface area contributed by atoms with Crippen LogP contribution in [0.3, 0.4) is 0 Å². The first-order valence-corrected chi connectivity index (χ1v) is 13.3. The minimum absolute atomic E-state index is 0.0241. The molecule has 13 heteroatoms. The highest BCUT2D eigenvalue weighted by Gasteiger charge is 2.47. The van der Waals surface area contributed by atoms with Gasteiger partial charge in [0.25, 0.3) is 0 Å². The molecular formula is C19H27N5O6S2. The number of ether oxygens (including phenoxy) is 1. The summed E-state index contributed by atoms with van der Waals surface area (Å²) in [6.45, 7) is 2.88. The number of amides is 1. The number of methoxy groups -OCH3 is 1. The van der Waals surface area contributed by atoms with Crippen molar-refractivity contribution >= 4 is 31.7 Å². The molecule has 0 spiro atoms. The number of benzene rings is 1. The number of carbonyl (C=O) groups excluding carboxylic acids is 1. The lowest BCUT2D eigenvalue weighted by Crippen LogP contribution is -2.52. The van der Waals surface area contributed by atoms with Gasteiger partial charge in [-0.25, -0.2) is 21.1 Å². The van der Waals surface area contributed by atoms with E-state index in [1.807, 2.05) is 0 Å². The van der Waals surface area contributed by atoms with Gasteiger partial charge in [0.2, 0.25) is 21.9 Å². The molecule has 1 aromatic heterocycles. The molecule has 0 unspecified atom stereocenters. The molecule has 3 rings (SSSR count). The Morgan fingerprint density at radius 1 is 1.12 bits per heavy atom. The van der Waals surface area contributed by atoms with E-state index in [-0.39, 0.29) is 31.9 Å². The first kappa shape index (κ1) is 24.1. The van der Waals surface area contributed by atoms with Gasteiger partial charge in [0.1, 0.15) is 10.5 Å². The Labute approximate surface area is 187 Å². The van der Waals surface area contributed by atoms with Crippen molar-refractivity contribution in [2.24, 2.45) is 0 Å². The Hall–Kier alpha value is -2.51. The van der Waals surface area contributed by atoms with Gasteiger partial charge in [-0.15, -0.1) is 10.2 Å². The maximum absolute atomic E-state index is 13.2. The number of piperidine rings is 1. The fourth-order valence-electron chi connectivity index (χ4n) is 3.48. The molecule has 32 heavy (non-hydrogen) atoms. The molecule has 0 aliphatic carbocycles. The number of sulfonamides is 1. The van der Waals surface area contributed by atoms with Crippen molar-refractivity contribution in [1.82, 2.24) is 19.5 Å². The predicted octanol–water partition coefficient (Wildman–Crippen LogP) is 1.04. The van der Waals surface area contributed by atoms with Gasteiger partial charge in [-0.1, -0.05) is 0 Å². The molecule has 1 saturated heterocycles. The van der Waals surface area contributed by atoms with Crippen LogP contribution in [0.1, 0.15) is 26.7 Å². The van der Waals surface area contributed by atoms with Crippen molar-refractivity contribution in [2.75, 3.05) is 31.8 Å². The number of nitrogens with one attached hydrogen (secondary N) is 2. The van der Waals surface area contributed by atoms with E-state index in [9.17, 15) is 21.6 Å². The van der Waals surface area contributed by atoms with Gasteiger partial charge in [0.15, 0.2) is 15.7 Å². The van der Waals surface area contributed by atoms with E-state index in [4.69, 9.17) is 4.74 Å². The Kier molecular flexibility index (Phi) is 6.63. The second-order valence-electron chi connectivity index (χ2n) is 8.12. The highest BCUT2D eigenvalue weighted by molar-refractivity contribution is 7.94. The highest BCUT2D eigenvalue weighted by Crippen LogP contribution is 2.30. The van der Waals surface area contributed by atoms with E-state index in [1.165, 1.54) is 18.2 Å². The standard InChI is InChI=1S/C19H27N5O6S2/c1-19(2,32(28,29)15-9-11-24(12-10-15)31(4,26)27)17(25)21-18-20-16(22-23-18)13-5-7-14(30-3)8-6-13/h5-8,15H,9-12H2,1-4H3,(H2,20,21,22,23,25). The normalized spacial score (nSPS) is 16.6. The van der Waals surface area contributed by atoms with Crippen LogP contribution < -0.4 is 10.1 Å². The molecule has 1 aliphatic heterocycles. The summed E-state index contributed by atoms with van der Waals surface area (Å²) in [6, 6.07) is 7.03. The molecule has 1 amide bonds. The number of aromatic amines is 1. The first-order valence-electron chi connectivity index (χ1n) is 9.93. The molecule has 2 heterocycles. The second kappa shape index (κ2) is 8.79. The van der Waals surface area contributed by atoms with Gasteiger partial charge in [-0.05, 0) is 51.0 Å². The molecule has 11 nitrogen and oxygen atoms in total. The van der Waals surface area contributed by atoms with Gasteiger partial charge in [-0.2, -0.15) is 0 Å². The van der Waals surface area contributed by atoms with E-state index in [2.05, 4.69) is 20.5 Å². The number of hydrogen-bond acceptors (Lipinski definition) is 8. The number of anilines is 1. The van der Waals surface area contributed by atoms with Crippen LogP contribution in [-0.4, -0.2) is 78.7 Å². The molecule has 1 aromatic carbocycles. The zero-order valence-electron chi connectivity index (χ0n) is 18.3. The fourth-order valence-corrected chi connectivity index (χ4v) is 6.32. The summed E-state index contributed by atoms with van der Waals surface area (Å²) in [4.78, 5) is 15.7. The maximum atomic E-state index is 13.2. The van der Waals surface area contributed by atoms with Crippen LogP contribution in [-0.2, 0) is 24.7 Å². The number of nitrogens with zero attached hydrogens (tertiary/aromatic N) is 3. The SMILES string of the molecule is COc1ccc(-c2nnc(NC(=O)C(C)(C)S(=O)(=O)C3CCN(S(C)(=O)=O)CC3)[nH]2)cc1. The van der Waals surface area contributed by atoms with Gasteiger partial charge in [0.05, 0.1) is 18.6 Å².